The predicted molar refractivity (Wildman–Crippen MR) is 72.3 cm³/mol. The van der Waals surface area contributed by atoms with Crippen LogP contribution in [0, 0.1) is 6.92 Å². The van der Waals surface area contributed by atoms with Crippen LogP contribution in [0.25, 0.3) is 0 Å². The summed E-state index contributed by atoms with van der Waals surface area (Å²) >= 11 is 0. The van der Waals surface area contributed by atoms with Gasteiger partial charge >= 0.3 is 0 Å². The average molecular weight is 296 g/mol. The number of aryl methyl sites for hydroxylation is 1. The smallest absolute Gasteiger partial charge is 0.245 e. The maximum atomic E-state index is 12.5. The second kappa shape index (κ2) is 5.34. The molecule has 20 heavy (non-hydrogen) atoms. The highest BCUT2D eigenvalue weighted by molar-refractivity contribution is 7.89. The maximum Gasteiger partial charge on any atom is 0.245 e. The Hall–Kier alpha value is -1.73. The zero-order chi connectivity index (χ0) is 14.9. The molecule has 0 aromatic heterocycles. The molecule has 1 fully saturated rings. The first kappa shape index (κ1) is 14.7. The molecule has 1 heterocycles. The second-order valence-electron chi connectivity index (χ2n) is 4.80. The highest BCUT2D eigenvalue weighted by Crippen LogP contribution is 2.21. The lowest BCUT2D eigenvalue weighted by molar-refractivity contribution is -0.135. The number of rotatable bonds is 3. The van der Waals surface area contributed by atoms with E-state index in [9.17, 15) is 18.0 Å². The molecule has 1 aromatic rings. The largest absolute Gasteiger partial charge is 0.295 e. The Morgan fingerprint density at radius 1 is 1.30 bits per heavy atom. The number of nitrogens with one attached hydrogen (secondary N) is 1. The van der Waals surface area contributed by atoms with Gasteiger partial charge in [0.25, 0.3) is 0 Å². The standard InChI is InChI=1S/C13H16N2O4S/c1-9-4-3-5-10(8-9)20(18,19)15(2)11-6-7-12(16)14-13(11)17/h3-5,8,11H,6-7H2,1-2H3,(H,14,16,17). The molecule has 1 aromatic carbocycles. The zero-order valence-corrected chi connectivity index (χ0v) is 12.1. The van der Waals surface area contributed by atoms with Crippen molar-refractivity contribution < 1.29 is 18.0 Å². The third kappa shape index (κ3) is 2.73. The van der Waals surface area contributed by atoms with E-state index in [1.807, 2.05) is 0 Å². The van der Waals surface area contributed by atoms with E-state index in [-0.39, 0.29) is 23.6 Å². The first-order valence-electron chi connectivity index (χ1n) is 6.21. The Kier molecular flexibility index (Phi) is 3.92. The van der Waals surface area contributed by atoms with Crippen LogP contribution in [0.1, 0.15) is 18.4 Å². The van der Waals surface area contributed by atoms with Crippen molar-refractivity contribution in [1.82, 2.24) is 9.62 Å². The fourth-order valence-corrected chi connectivity index (χ4v) is 3.59. The molecule has 7 heteroatoms. The first-order chi connectivity index (χ1) is 9.32. The van der Waals surface area contributed by atoms with Gasteiger partial charge in [-0.1, -0.05) is 12.1 Å². The van der Waals surface area contributed by atoms with Gasteiger partial charge in [-0.3, -0.25) is 14.9 Å². The van der Waals surface area contributed by atoms with Gasteiger partial charge in [0.05, 0.1) is 4.90 Å². The fourth-order valence-electron chi connectivity index (χ4n) is 2.14. The molecule has 1 saturated heterocycles. The number of amides is 2. The predicted octanol–water partition coefficient (Wildman–Crippen LogP) is 0.421. The van der Waals surface area contributed by atoms with E-state index in [2.05, 4.69) is 5.32 Å². The number of nitrogens with zero attached hydrogens (tertiary/aromatic N) is 1. The molecular weight excluding hydrogens is 280 g/mol. The number of likely N-dealkylation sites (N-methyl/N-ethyl adjacent to an activating group) is 1. The van der Waals surface area contributed by atoms with Crippen molar-refractivity contribution in [2.75, 3.05) is 7.05 Å². The van der Waals surface area contributed by atoms with Crippen LogP contribution in [0.2, 0.25) is 0 Å². The van der Waals surface area contributed by atoms with E-state index in [4.69, 9.17) is 0 Å². The molecule has 0 spiro atoms. The Morgan fingerprint density at radius 2 is 2.00 bits per heavy atom. The minimum atomic E-state index is -3.75. The summed E-state index contributed by atoms with van der Waals surface area (Å²) in [5, 5.41) is 2.16. The Labute approximate surface area is 117 Å². The van der Waals surface area contributed by atoms with Gasteiger partial charge in [0.2, 0.25) is 21.8 Å². The van der Waals surface area contributed by atoms with Crippen molar-refractivity contribution in [1.29, 1.82) is 0 Å². The Balaban J connectivity index is 2.30. The van der Waals surface area contributed by atoms with Crippen LogP contribution in [-0.2, 0) is 19.6 Å². The summed E-state index contributed by atoms with van der Waals surface area (Å²) in [5.41, 5.74) is 0.822. The summed E-state index contributed by atoms with van der Waals surface area (Å²) in [6.45, 7) is 1.80. The van der Waals surface area contributed by atoms with Gasteiger partial charge in [0.1, 0.15) is 6.04 Å². The minimum absolute atomic E-state index is 0.143. The summed E-state index contributed by atoms with van der Waals surface area (Å²) in [4.78, 5) is 23.0. The van der Waals surface area contributed by atoms with Gasteiger partial charge < -0.3 is 0 Å². The summed E-state index contributed by atoms with van der Waals surface area (Å²) < 4.78 is 26.0. The maximum absolute atomic E-state index is 12.5. The molecule has 6 nitrogen and oxygen atoms in total. The van der Waals surface area contributed by atoms with E-state index >= 15 is 0 Å². The van der Waals surface area contributed by atoms with Gasteiger partial charge in [-0.15, -0.1) is 0 Å². The SMILES string of the molecule is Cc1cccc(S(=O)(=O)N(C)C2CCC(=O)NC2=O)c1. The van der Waals surface area contributed by atoms with E-state index in [0.717, 1.165) is 9.87 Å². The van der Waals surface area contributed by atoms with Crippen LogP contribution in [0.4, 0.5) is 0 Å². The van der Waals surface area contributed by atoms with E-state index in [1.54, 1.807) is 25.1 Å². The molecule has 1 atom stereocenters. The monoisotopic (exact) mass is 296 g/mol. The van der Waals surface area contributed by atoms with Crippen LogP contribution in [0.15, 0.2) is 29.2 Å². The zero-order valence-electron chi connectivity index (χ0n) is 11.3. The van der Waals surface area contributed by atoms with E-state index < -0.39 is 22.0 Å². The van der Waals surface area contributed by atoms with Crippen molar-refractivity contribution in [2.45, 2.75) is 30.7 Å². The second-order valence-corrected chi connectivity index (χ2v) is 6.80. The van der Waals surface area contributed by atoms with E-state index in [0.29, 0.717) is 0 Å². The number of hydrogen-bond acceptors (Lipinski definition) is 4. The van der Waals surface area contributed by atoms with E-state index in [1.165, 1.54) is 13.1 Å². The molecule has 108 valence electrons. The molecule has 1 unspecified atom stereocenters. The summed E-state index contributed by atoms with van der Waals surface area (Å²) in [6.07, 6.45) is 0.344. The van der Waals surface area contributed by atoms with Crippen LogP contribution < -0.4 is 5.32 Å². The Bertz CT molecular complexity index is 654. The lowest BCUT2D eigenvalue weighted by Crippen LogP contribution is -2.52. The van der Waals surface area contributed by atoms with Gasteiger partial charge in [-0.2, -0.15) is 4.31 Å². The average Bonchev–Trinajstić information content (AvgIpc) is 2.38. The topological polar surface area (TPSA) is 83.6 Å². The number of carbonyl (C=O) groups excluding carboxylic acids is 2. The molecule has 0 saturated carbocycles. The minimum Gasteiger partial charge on any atom is -0.295 e. The van der Waals surface area contributed by atoms with Crippen molar-refractivity contribution in [3.8, 4) is 0 Å². The summed E-state index contributed by atoms with van der Waals surface area (Å²) in [6, 6.07) is 5.65. The van der Waals surface area contributed by atoms with Gasteiger partial charge in [-0.25, -0.2) is 8.42 Å². The van der Waals surface area contributed by atoms with Crippen molar-refractivity contribution >= 4 is 21.8 Å². The molecule has 2 rings (SSSR count). The highest BCUT2D eigenvalue weighted by atomic mass is 32.2. The van der Waals surface area contributed by atoms with Crippen molar-refractivity contribution in [3.63, 3.8) is 0 Å². The number of sulfonamides is 1. The fraction of sp³-hybridized carbons (Fsp3) is 0.385. The van der Waals surface area contributed by atoms with Crippen LogP contribution in [0.5, 0.6) is 0 Å². The quantitative estimate of drug-likeness (QED) is 0.819. The number of imide groups is 1. The highest BCUT2D eigenvalue weighted by Gasteiger charge is 2.36. The third-order valence-electron chi connectivity index (χ3n) is 3.32. The molecule has 1 N–H and O–H groups in total. The number of carbonyl (C=O) groups is 2. The molecule has 0 radical (unpaired) electrons. The van der Waals surface area contributed by atoms with Gasteiger partial charge in [0, 0.05) is 13.5 Å². The number of piperidine rings is 1. The first-order valence-corrected chi connectivity index (χ1v) is 7.65. The van der Waals surface area contributed by atoms with Crippen molar-refractivity contribution in [3.05, 3.63) is 29.8 Å². The summed E-state index contributed by atoms with van der Waals surface area (Å²) in [7, 11) is -2.39. The van der Waals surface area contributed by atoms with Gasteiger partial charge in [-0.05, 0) is 31.0 Å². The number of benzene rings is 1. The lowest BCUT2D eigenvalue weighted by atomic mass is 10.1. The molecule has 0 aliphatic carbocycles. The molecular formula is C13H16N2O4S. The van der Waals surface area contributed by atoms with Crippen LogP contribution in [0.3, 0.4) is 0 Å². The molecule has 1 aliphatic rings. The molecule has 0 bridgehead atoms. The summed E-state index contributed by atoms with van der Waals surface area (Å²) in [5.74, 6) is -0.937. The van der Waals surface area contributed by atoms with Crippen LogP contribution in [-0.4, -0.2) is 37.6 Å². The number of hydrogen-bond donors (Lipinski definition) is 1. The lowest BCUT2D eigenvalue weighted by Gasteiger charge is -2.29. The van der Waals surface area contributed by atoms with Crippen molar-refractivity contribution in [2.24, 2.45) is 0 Å². The molecule has 2 amide bonds. The van der Waals surface area contributed by atoms with Crippen LogP contribution >= 0.6 is 0 Å². The molecule has 1 aliphatic heterocycles. The normalized spacial score (nSPS) is 20.1. The third-order valence-corrected chi connectivity index (χ3v) is 5.18. The Morgan fingerprint density at radius 3 is 2.60 bits per heavy atom. The van der Waals surface area contributed by atoms with Gasteiger partial charge in [0.15, 0.2) is 0 Å².